The van der Waals surface area contributed by atoms with Crippen molar-refractivity contribution in [3.63, 3.8) is 0 Å². The summed E-state index contributed by atoms with van der Waals surface area (Å²) in [4.78, 5) is 41.0. The van der Waals surface area contributed by atoms with Crippen LogP contribution in [0.4, 0.5) is 5.82 Å². The molecule has 2 heterocycles. The van der Waals surface area contributed by atoms with Gasteiger partial charge < -0.3 is 20.0 Å². The number of nitrogens with one attached hydrogen (secondary N) is 1. The first-order valence-corrected chi connectivity index (χ1v) is 15.9. The van der Waals surface area contributed by atoms with Gasteiger partial charge in [-0.15, -0.1) is 0 Å². The highest BCUT2D eigenvalue weighted by Crippen LogP contribution is 2.29. The van der Waals surface area contributed by atoms with Gasteiger partial charge in [-0.2, -0.15) is 0 Å². The zero-order chi connectivity index (χ0) is 27.5. The lowest BCUT2D eigenvalue weighted by Crippen LogP contribution is -2.54. The van der Waals surface area contributed by atoms with Crippen molar-refractivity contribution < 1.29 is 9.59 Å². The Bertz CT molecular complexity index is 896. The minimum atomic E-state index is -0.0196. The summed E-state index contributed by atoms with van der Waals surface area (Å²) < 4.78 is 0. The van der Waals surface area contributed by atoms with Crippen molar-refractivity contribution >= 4 is 41.0 Å². The number of carbonyl (C=O) groups excluding carboxylic acids is 2. The number of hydrogen-bond donors (Lipinski definition) is 1. The van der Waals surface area contributed by atoms with Gasteiger partial charge in [0, 0.05) is 44.2 Å². The van der Waals surface area contributed by atoms with E-state index in [2.05, 4.69) is 47.8 Å². The van der Waals surface area contributed by atoms with Crippen LogP contribution in [0.3, 0.4) is 0 Å². The molecule has 2 amide bonds. The molecule has 2 aliphatic rings. The Morgan fingerprint density at radius 3 is 2.63 bits per heavy atom. The molecule has 10 heteroatoms. The third-order valence-corrected chi connectivity index (χ3v) is 8.96. The Kier molecular flexibility index (Phi) is 12.9. The first kappa shape index (κ1) is 31.0. The number of aromatic nitrogens is 2. The number of anilines is 1. The molecule has 0 spiro atoms. The van der Waals surface area contributed by atoms with Gasteiger partial charge in [0.05, 0.1) is 5.75 Å². The molecular weight excluding hydrogens is 520 g/mol. The van der Waals surface area contributed by atoms with Crippen LogP contribution in [0, 0.1) is 5.92 Å². The maximum absolute atomic E-state index is 12.9. The Labute approximate surface area is 238 Å². The highest BCUT2D eigenvalue weighted by atomic mass is 35.5. The second-order valence-electron chi connectivity index (χ2n) is 10.8. The fraction of sp³-hybridized carbons (Fsp3) is 0.786. The standard InChI is InChI=1S/C28H47ClN6O2S/c1-5-33(6-2)15-9-10-21(3)30-26(36)20-38-28-31-24(29)18-25(32-28)34-16-17-35(22(4)19-34)27(37)14-13-23-11-7-8-12-23/h18,21-23H,5-17,19-20H2,1-4H3,(H,30,36). The van der Waals surface area contributed by atoms with E-state index in [4.69, 9.17) is 16.6 Å². The molecule has 214 valence electrons. The average Bonchev–Trinajstić information content (AvgIpc) is 3.42. The lowest BCUT2D eigenvalue weighted by atomic mass is 10.0. The summed E-state index contributed by atoms with van der Waals surface area (Å²) in [6, 6.07) is 2.01. The lowest BCUT2D eigenvalue weighted by molar-refractivity contribution is -0.134. The van der Waals surface area contributed by atoms with Gasteiger partial charge >= 0.3 is 0 Å². The first-order valence-electron chi connectivity index (χ1n) is 14.5. The van der Waals surface area contributed by atoms with Crippen molar-refractivity contribution in [2.45, 2.75) is 96.3 Å². The normalized spacial score (nSPS) is 19.3. The molecule has 1 aromatic rings. The van der Waals surface area contributed by atoms with E-state index in [0.717, 1.165) is 50.6 Å². The number of piperazine rings is 1. The molecule has 0 radical (unpaired) electrons. The van der Waals surface area contributed by atoms with Crippen molar-refractivity contribution in [3.8, 4) is 0 Å². The molecule has 1 aliphatic carbocycles. The topological polar surface area (TPSA) is 81.7 Å². The molecular formula is C28H47ClN6O2S. The van der Waals surface area contributed by atoms with Gasteiger partial charge in [0.25, 0.3) is 0 Å². The molecule has 0 aromatic carbocycles. The van der Waals surface area contributed by atoms with Gasteiger partial charge in [-0.3, -0.25) is 9.59 Å². The monoisotopic (exact) mass is 566 g/mol. The van der Waals surface area contributed by atoms with Crippen LogP contribution >= 0.6 is 23.4 Å². The summed E-state index contributed by atoms with van der Waals surface area (Å²) in [7, 11) is 0. The van der Waals surface area contributed by atoms with Gasteiger partial charge in [-0.1, -0.05) is 62.9 Å². The van der Waals surface area contributed by atoms with Gasteiger partial charge in [0.2, 0.25) is 11.8 Å². The van der Waals surface area contributed by atoms with Gasteiger partial charge in [0.15, 0.2) is 5.16 Å². The van der Waals surface area contributed by atoms with Crippen LogP contribution in [0.25, 0.3) is 0 Å². The second kappa shape index (κ2) is 15.9. The molecule has 38 heavy (non-hydrogen) atoms. The van der Waals surface area contributed by atoms with Gasteiger partial charge in [-0.25, -0.2) is 9.97 Å². The van der Waals surface area contributed by atoms with E-state index in [1.165, 1.54) is 37.4 Å². The lowest BCUT2D eigenvalue weighted by Gasteiger charge is -2.40. The Hall–Kier alpha value is -1.58. The Balaban J connectivity index is 1.44. The van der Waals surface area contributed by atoms with Crippen LogP contribution in [0.1, 0.15) is 79.1 Å². The molecule has 2 atom stereocenters. The predicted molar refractivity (Wildman–Crippen MR) is 157 cm³/mol. The molecule has 3 rings (SSSR count). The van der Waals surface area contributed by atoms with E-state index >= 15 is 0 Å². The van der Waals surface area contributed by atoms with E-state index in [9.17, 15) is 9.59 Å². The highest BCUT2D eigenvalue weighted by Gasteiger charge is 2.29. The molecule has 2 unspecified atom stereocenters. The highest BCUT2D eigenvalue weighted by molar-refractivity contribution is 7.99. The summed E-state index contributed by atoms with van der Waals surface area (Å²) in [5, 5.41) is 3.95. The molecule has 1 saturated carbocycles. The number of halogens is 1. The van der Waals surface area contributed by atoms with E-state index in [-0.39, 0.29) is 29.7 Å². The number of thioether (sulfide) groups is 1. The number of carbonyl (C=O) groups is 2. The third-order valence-electron chi connectivity index (χ3n) is 7.92. The van der Waals surface area contributed by atoms with Crippen molar-refractivity contribution in [2.75, 3.05) is 49.9 Å². The van der Waals surface area contributed by atoms with Crippen molar-refractivity contribution in [3.05, 3.63) is 11.2 Å². The molecule has 8 nitrogen and oxygen atoms in total. The van der Waals surface area contributed by atoms with Crippen LogP contribution in [-0.2, 0) is 9.59 Å². The molecule has 1 N–H and O–H groups in total. The predicted octanol–water partition coefficient (Wildman–Crippen LogP) is 4.86. The molecule has 1 aromatic heterocycles. The second-order valence-corrected chi connectivity index (χ2v) is 12.2. The molecule has 0 bridgehead atoms. The summed E-state index contributed by atoms with van der Waals surface area (Å²) >= 11 is 7.64. The van der Waals surface area contributed by atoms with E-state index in [1.807, 2.05) is 4.90 Å². The van der Waals surface area contributed by atoms with Crippen LogP contribution in [-0.4, -0.2) is 88.7 Å². The number of rotatable bonds is 14. The van der Waals surface area contributed by atoms with Crippen LogP contribution in [0.5, 0.6) is 0 Å². The molecule has 2 fully saturated rings. The molecule has 1 saturated heterocycles. The van der Waals surface area contributed by atoms with E-state index < -0.39 is 0 Å². The summed E-state index contributed by atoms with van der Waals surface area (Å²) in [5.41, 5.74) is 0. The van der Waals surface area contributed by atoms with E-state index in [1.54, 1.807) is 6.07 Å². The third kappa shape index (κ3) is 9.87. The number of amides is 2. The smallest absolute Gasteiger partial charge is 0.230 e. The summed E-state index contributed by atoms with van der Waals surface area (Å²) in [5.74, 6) is 1.99. The quantitative estimate of drug-likeness (QED) is 0.196. The Morgan fingerprint density at radius 2 is 1.95 bits per heavy atom. The fourth-order valence-corrected chi connectivity index (χ4v) is 6.49. The maximum Gasteiger partial charge on any atom is 0.230 e. The largest absolute Gasteiger partial charge is 0.353 e. The molecule has 1 aliphatic heterocycles. The average molecular weight is 567 g/mol. The van der Waals surface area contributed by atoms with Crippen LogP contribution < -0.4 is 10.2 Å². The van der Waals surface area contributed by atoms with Gasteiger partial charge in [0.1, 0.15) is 11.0 Å². The Morgan fingerprint density at radius 1 is 1.21 bits per heavy atom. The summed E-state index contributed by atoms with van der Waals surface area (Å²) in [6.07, 6.45) is 8.90. The van der Waals surface area contributed by atoms with Crippen LogP contribution in [0.2, 0.25) is 5.15 Å². The zero-order valence-electron chi connectivity index (χ0n) is 23.8. The van der Waals surface area contributed by atoms with E-state index in [0.29, 0.717) is 36.4 Å². The van der Waals surface area contributed by atoms with Crippen molar-refractivity contribution in [2.24, 2.45) is 5.92 Å². The number of nitrogens with zero attached hydrogens (tertiary/aromatic N) is 5. The summed E-state index contributed by atoms with van der Waals surface area (Å²) in [6.45, 7) is 13.8. The SMILES string of the molecule is CCN(CC)CCCC(C)NC(=O)CSc1nc(Cl)cc(N2CCN(C(=O)CCC3CCCC3)C(C)C2)n1. The minimum absolute atomic E-state index is 0.0196. The number of hydrogen-bond acceptors (Lipinski definition) is 7. The van der Waals surface area contributed by atoms with Crippen molar-refractivity contribution in [1.29, 1.82) is 0 Å². The maximum atomic E-state index is 12.9. The zero-order valence-corrected chi connectivity index (χ0v) is 25.3. The minimum Gasteiger partial charge on any atom is -0.353 e. The van der Waals surface area contributed by atoms with Crippen LogP contribution in [0.15, 0.2) is 11.2 Å². The fourth-order valence-electron chi connectivity index (χ4n) is 5.60. The van der Waals surface area contributed by atoms with Gasteiger partial charge in [-0.05, 0) is 58.7 Å². The van der Waals surface area contributed by atoms with Crippen molar-refractivity contribution in [1.82, 2.24) is 25.1 Å². The first-order chi connectivity index (χ1) is 18.3.